The predicted octanol–water partition coefficient (Wildman–Crippen LogP) is 6.36. The van der Waals surface area contributed by atoms with Gasteiger partial charge in [0.25, 0.3) is 0 Å². The molecule has 0 unspecified atom stereocenters. The van der Waals surface area contributed by atoms with Crippen molar-refractivity contribution in [1.82, 2.24) is 6.15 Å². The molecule has 0 aromatic heterocycles. The summed E-state index contributed by atoms with van der Waals surface area (Å²) in [5, 5.41) is 16.9. The molecule has 0 aliphatic carbocycles. The van der Waals surface area contributed by atoms with Crippen LogP contribution in [0, 0.1) is 29.1 Å². The molecule has 9 N–H and O–H groups in total. The largest absolute Gasteiger partial charge is 0.478 e. The highest BCUT2D eigenvalue weighted by molar-refractivity contribution is 9.11. The molecule has 0 saturated carbocycles. The van der Waals surface area contributed by atoms with E-state index in [1.54, 1.807) is 0 Å². The maximum atomic E-state index is 12.9. The third-order valence-electron chi connectivity index (χ3n) is 3.53. The fourth-order valence-corrected chi connectivity index (χ4v) is 2.92. The Hall–Kier alpha value is -2.59. The number of carbonyl (C=O) groups is 2. The summed E-state index contributed by atoms with van der Waals surface area (Å²) >= 11 is 8.43. The molecule has 192 valence electrons. The van der Waals surface area contributed by atoms with Gasteiger partial charge in [-0.15, -0.1) is 0 Å². The number of hydrogen-bond acceptors (Lipinski definition) is 4. The van der Waals surface area contributed by atoms with Crippen molar-refractivity contribution in [1.29, 1.82) is 0 Å². The van der Waals surface area contributed by atoms with Crippen LogP contribution in [-0.2, 0) is 0 Å². The first kappa shape index (κ1) is 34.6. The smallest absolute Gasteiger partial charge is 0.338 e. The van der Waals surface area contributed by atoms with E-state index in [9.17, 15) is 31.5 Å². The molecular formula is C20H16Br3F5N2O5. The second-order valence-corrected chi connectivity index (χ2v) is 8.25. The number of nitrogen functional groups attached to an aromatic ring is 1. The molecular weight excluding hydrogens is 683 g/mol. The minimum atomic E-state index is -1.49. The SMILES string of the molecule is Fc1cccc(Br)c1F.N.Nc1c(C(=O)O)ccc(Br)c1F.O.O=C(O)c1ccc(Br)c(F)c1F. The molecule has 0 spiro atoms. The Bertz CT molecular complexity index is 1110. The summed E-state index contributed by atoms with van der Waals surface area (Å²) in [7, 11) is 0. The lowest BCUT2D eigenvalue weighted by Gasteiger charge is -2.02. The van der Waals surface area contributed by atoms with Gasteiger partial charge in [0.1, 0.15) is 0 Å². The Morgan fingerprint density at radius 1 is 0.657 bits per heavy atom. The first-order valence-corrected chi connectivity index (χ1v) is 10.6. The van der Waals surface area contributed by atoms with Crippen molar-refractivity contribution in [3.8, 4) is 0 Å². The molecule has 35 heavy (non-hydrogen) atoms. The van der Waals surface area contributed by atoms with Crippen molar-refractivity contribution in [3.63, 3.8) is 0 Å². The molecule has 0 aliphatic heterocycles. The highest BCUT2D eigenvalue weighted by atomic mass is 79.9. The third-order valence-corrected chi connectivity index (χ3v) is 5.37. The number of aromatic carboxylic acids is 2. The second kappa shape index (κ2) is 15.4. The number of nitrogens with two attached hydrogens (primary N) is 1. The highest BCUT2D eigenvalue weighted by Gasteiger charge is 2.16. The van der Waals surface area contributed by atoms with Crippen LogP contribution in [0.5, 0.6) is 0 Å². The van der Waals surface area contributed by atoms with Crippen LogP contribution in [0.4, 0.5) is 27.6 Å². The summed E-state index contributed by atoms with van der Waals surface area (Å²) < 4.78 is 63.0. The lowest BCUT2D eigenvalue weighted by atomic mass is 10.2. The minimum absolute atomic E-state index is 0. The Morgan fingerprint density at radius 3 is 1.51 bits per heavy atom. The normalized spacial score (nSPS) is 9.26. The summed E-state index contributed by atoms with van der Waals surface area (Å²) in [6.07, 6.45) is 0. The molecule has 3 rings (SSSR count). The number of carboxylic acids is 2. The Labute approximate surface area is 220 Å². The van der Waals surface area contributed by atoms with Gasteiger partial charge in [0, 0.05) is 0 Å². The van der Waals surface area contributed by atoms with Crippen LogP contribution in [0.15, 0.2) is 55.9 Å². The minimum Gasteiger partial charge on any atom is -0.478 e. The Morgan fingerprint density at radius 2 is 1.09 bits per heavy atom. The van der Waals surface area contributed by atoms with Gasteiger partial charge in [-0.05, 0) is 84.2 Å². The fourth-order valence-electron chi connectivity index (χ4n) is 1.92. The van der Waals surface area contributed by atoms with E-state index < -0.39 is 46.6 Å². The summed E-state index contributed by atoms with van der Waals surface area (Å²) in [5.41, 5.74) is 3.95. The van der Waals surface area contributed by atoms with E-state index in [1.807, 2.05) is 0 Å². The molecule has 3 aromatic carbocycles. The molecule has 0 heterocycles. The number of anilines is 1. The van der Waals surface area contributed by atoms with E-state index in [4.69, 9.17) is 15.9 Å². The Balaban J connectivity index is 0. The molecule has 0 amide bonds. The van der Waals surface area contributed by atoms with E-state index in [1.165, 1.54) is 24.3 Å². The molecule has 7 nitrogen and oxygen atoms in total. The van der Waals surface area contributed by atoms with Crippen molar-refractivity contribution in [2.75, 3.05) is 5.73 Å². The quantitative estimate of drug-likeness (QED) is 0.138. The molecule has 0 fully saturated rings. The average Bonchev–Trinajstić information content (AvgIpc) is 2.74. The Kier molecular flexibility index (Phi) is 15.2. The zero-order valence-electron chi connectivity index (χ0n) is 17.1. The van der Waals surface area contributed by atoms with E-state index in [0.29, 0.717) is 0 Å². The van der Waals surface area contributed by atoms with E-state index in [2.05, 4.69) is 47.8 Å². The van der Waals surface area contributed by atoms with E-state index in [0.717, 1.165) is 18.2 Å². The van der Waals surface area contributed by atoms with Crippen molar-refractivity contribution in [2.24, 2.45) is 0 Å². The summed E-state index contributed by atoms with van der Waals surface area (Å²) in [6.45, 7) is 0. The zero-order chi connectivity index (χ0) is 25.5. The van der Waals surface area contributed by atoms with Gasteiger partial charge < -0.3 is 27.6 Å². The number of carboxylic acid groups (broad SMARTS) is 2. The van der Waals surface area contributed by atoms with Gasteiger partial charge in [0.05, 0.1) is 30.2 Å². The van der Waals surface area contributed by atoms with Crippen LogP contribution in [0.2, 0.25) is 0 Å². The predicted molar refractivity (Wildman–Crippen MR) is 129 cm³/mol. The van der Waals surface area contributed by atoms with E-state index in [-0.39, 0.29) is 36.3 Å². The summed E-state index contributed by atoms with van der Waals surface area (Å²) in [5.74, 6) is -7.67. The van der Waals surface area contributed by atoms with Gasteiger partial charge in [-0.25, -0.2) is 31.5 Å². The first-order valence-electron chi connectivity index (χ1n) is 8.22. The summed E-state index contributed by atoms with van der Waals surface area (Å²) in [6, 6.07) is 8.62. The van der Waals surface area contributed by atoms with Crippen LogP contribution in [0.3, 0.4) is 0 Å². The molecule has 0 aliphatic rings. The molecule has 15 heteroatoms. The molecule has 0 saturated heterocycles. The maximum Gasteiger partial charge on any atom is 0.338 e. The van der Waals surface area contributed by atoms with Gasteiger partial charge in [0.15, 0.2) is 29.1 Å². The van der Waals surface area contributed by atoms with Crippen LogP contribution in [0.1, 0.15) is 20.7 Å². The molecule has 0 atom stereocenters. The zero-order valence-corrected chi connectivity index (χ0v) is 21.8. The molecule has 0 radical (unpaired) electrons. The van der Waals surface area contributed by atoms with Crippen molar-refractivity contribution >= 4 is 65.4 Å². The van der Waals surface area contributed by atoms with Gasteiger partial charge in [-0.3, -0.25) is 0 Å². The number of halogens is 8. The van der Waals surface area contributed by atoms with Gasteiger partial charge >= 0.3 is 11.9 Å². The standard InChI is InChI=1S/C7H3BrF2O2.C7H5BrFNO2.C6H3BrF2.H3N.H2O/c8-4-2-1-3(7(11)12)5(9)6(4)10;8-4-2-1-3(7(11)12)6(10)5(4)9;7-4-2-1-3-5(8)6(4)9;;/h1-2H,(H,11,12);1-2H,10H2,(H,11,12);1-3H;1H3;1H2. The topological polar surface area (TPSA) is 167 Å². The molecule has 3 aromatic rings. The van der Waals surface area contributed by atoms with Crippen LogP contribution in [-0.4, -0.2) is 27.6 Å². The van der Waals surface area contributed by atoms with Crippen LogP contribution >= 0.6 is 47.8 Å². The van der Waals surface area contributed by atoms with Gasteiger partial charge in [-0.2, -0.15) is 0 Å². The van der Waals surface area contributed by atoms with Crippen LogP contribution < -0.4 is 11.9 Å². The number of benzene rings is 3. The first-order chi connectivity index (χ1) is 15.3. The van der Waals surface area contributed by atoms with Crippen molar-refractivity contribution in [3.05, 3.63) is 96.1 Å². The lowest BCUT2D eigenvalue weighted by molar-refractivity contribution is 0.0682. The van der Waals surface area contributed by atoms with Gasteiger partial charge in [0.2, 0.25) is 0 Å². The molecule has 0 bridgehead atoms. The maximum absolute atomic E-state index is 12.9. The van der Waals surface area contributed by atoms with Crippen molar-refractivity contribution in [2.45, 2.75) is 0 Å². The number of rotatable bonds is 2. The monoisotopic (exact) mass is 696 g/mol. The lowest BCUT2D eigenvalue weighted by Crippen LogP contribution is -2.04. The van der Waals surface area contributed by atoms with Crippen molar-refractivity contribution < 1.29 is 47.2 Å². The third kappa shape index (κ3) is 9.52. The fraction of sp³-hybridized carbons (Fsp3) is 0. The van der Waals surface area contributed by atoms with Gasteiger partial charge in [-0.1, -0.05) is 6.07 Å². The van der Waals surface area contributed by atoms with Crippen LogP contribution in [0.25, 0.3) is 0 Å². The summed E-state index contributed by atoms with van der Waals surface area (Å²) in [4.78, 5) is 20.7. The highest BCUT2D eigenvalue weighted by Crippen LogP contribution is 2.24. The van der Waals surface area contributed by atoms with E-state index >= 15 is 0 Å². The average molecular weight is 699 g/mol. The number of hydrogen-bond donors (Lipinski definition) is 4. The second-order valence-electron chi connectivity index (χ2n) is 5.69.